The van der Waals surface area contributed by atoms with Crippen molar-refractivity contribution >= 4 is 21.6 Å². The minimum Gasteiger partial charge on any atom is -0.497 e. The molecule has 0 spiro atoms. The average Bonchev–Trinajstić information content (AvgIpc) is 2.49. The van der Waals surface area contributed by atoms with Crippen LogP contribution in [0.3, 0.4) is 0 Å². The van der Waals surface area contributed by atoms with Gasteiger partial charge in [0.2, 0.25) is 15.9 Å². The van der Waals surface area contributed by atoms with Crippen LogP contribution in [0.2, 0.25) is 0 Å². The van der Waals surface area contributed by atoms with Gasteiger partial charge in [-0.3, -0.25) is 4.79 Å². The number of ether oxygens (including phenoxy) is 2. The molecule has 136 valence electrons. The molecule has 1 N–H and O–H groups in total. The smallest absolute Gasteiger partial charge is 0.225 e. The summed E-state index contributed by atoms with van der Waals surface area (Å²) in [6, 6.07) is 5.07. The van der Waals surface area contributed by atoms with Crippen molar-refractivity contribution < 1.29 is 22.7 Å². The van der Waals surface area contributed by atoms with Crippen LogP contribution in [0.15, 0.2) is 18.2 Å². The van der Waals surface area contributed by atoms with Crippen LogP contribution in [-0.4, -0.2) is 52.2 Å². The molecule has 1 rings (SSSR count). The molecule has 0 fully saturated rings. The minimum absolute atomic E-state index is 0.0557. The molecular weight excluding hydrogens is 332 g/mol. The van der Waals surface area contributed by atoms with E-state index >= 15 is 0 Å². The topological polar surface area (TPSA) is 84.9 Å². The highest BCUT2D eigenvalue weighted by Gasteiger charge is 2.19. The maximum absolute atomic E-state index is 12.2. The van der Waals surface area contributed by atoms with Crippen molar-refractivity contribution in [1.82, 2.24) is 4.31 Å². The maximum Gasteiger partial charge on any atom is 0.225 e. The summed E-state index contributed by atoms with van der Waals surface area (Å²) in [5.41, 5.74) is 0.483. The Labute approximate surface area is 144 Å². The Morgan fingerprint density at radius 3 is 2.42 bits per heavy atom. The summed E-state index contributed by atoms with van der Waals surface area (Å²) in [7, 11) is -0.307. The molecule has 24 heavy (non-hydrogen) atoms. The first kappa shape index (κ1) is 20.2. The van der Waals surface area contributed by atoms with Gasteiger partial charge in [-0.2, -0.15) is 0 Å². The molecule has 1 amide bonds. The summed E-state index contributed by atoms with van der Waals surface area (Å²) in [6.45, 7) is 4.38. The van der Waals surface area contributed by atoms with Crippen molar-refractivity contribution in [2.24, 2.45) is 5.92 Å². The monoisotopic (exact) mass is 358 g/mol. The van der Waals surface area contributed by atoms with Gasteiger partial charge in [0.15, 0.2) is 0 Å². The predicted molar refractivity (Wildman–Crippen MR) is 94.0 cm³/mol. The van der Waals surface area contributed by atoms with Gasteiger partial charge >= 0.3 is 0 Å². The molecule has 0 unspecified atom stereocenters. The average molecular weight is 358 g/mol. The molecule has 0 saturated carbocycles. The number of hydrogen-bond donors (Lipinski definition) is 1. The summed E-state index contributed by atoms with van der Waals surface area (Å²) < 4.78 is 35.2. The maximum atomic E-state index is 12.2. The van der Waals surface area contributed by atoms with E-state index in [-0.39, 0.29) is 24.8 Å². The quantitative estimate of drug-likeness (QED) is 0.729. The van der Waals surface area contributed by atoms with E-state index in [4.69, 9.17) is 9.47 Å². The Bertz CT molecular complexity index is 658. The number of amides is 1. The van der Waals surface area contributed by atoms with Gasteiger partial charge in [-0.15, -0.1) is 0 Å². The summed E-state index contributed by atoms with van der Waals surface area (Å²) in [5.74, 6) is 0.982. The highest BCUT2D eigenvalue weighted by molar-refractivity contribution is 7.88. The Kier molecular flexibility index (Phi) is 7.50. The molecule has 0 aliphatic carbocycles. The Hall–Kier alpha value is -1.80. The Balaban J connectivity index is 2.75. The largest absolute Gasteiger partial charge is 0.497 e. The number of nitrogens with zero attached hydrogens (tertiary/aromatic N) is 1. The van der Waals surface area contributed by atoms with Crippen LogP contribution < -0.4 is 14.8 Å². The number of carbonyl (C=O) groups is 1. The molecule has 0 aliphatic rings. The number of nitrogens with one attached hydrogen (secondary N) is 1. The number of benzene rings is 1. The van der Waals surface area contributed by atoms with Crippen LogP contribution in [-0.2, 0) is 14.8 Å². The van der Waals surface area contributed by atoms with Crippen LogP contribution in [0.1, 0.15) is 20.3 Å². The van der Waals surface area contributed by atoms with Gasteiger partial charge in [0, 0.05) is 25.6 Å². The number of sulfonamides is 1. The van der Waals surface area contributed by atoms with Gasteiger partial charge in [0.05, 0.1) is 26.2 Å². The molecule has 0 aromatic heterocycles. The van der Waals surface area contributed by atoms with E-state index in [0.717, 1.165) is 6.26 Å². The molecule has 0 radical (unpaired) electrons. The van der Waals surface area contributed by atoms with E-state index in [1.165, 1.54) is 18.5 Å². The lowest BCUT2D eigenvalue weighted by Crippen LogP contribution is -2.35. The third-order valence-electron chi connectivity index (χ3n) is 3.31. The molecule has 7 nitrogen and oxygen atoms in total. The van der Waals surface area contributed by atoms with Crippen molar-refractivity contribution in [1.29, 1.82) is 0 Å². The Morgan fingerprint density at radius 2 is 1.92 bits per heavy atom. The third-order valence-corrected chi connectivity index (χ3v) is 4.58. The first-order chi connectivity index (χ1) is 11.2. The molecule has 0 saturated heterocycles. The van der Waals surface area contributed by atoms with Crippen LogP contribution >= 0.6 is 0 Å². The van der Waals surface area contributed by atoms with E-state index < -0.39 is 10.0 Å². The number of methoxy groups -OCH3 is 2. The summed E-state index contributed by atoms with van der Waals surface area (Å²) >= 11 is 0. The standard InChI is InChI=1S/C16H26N2O5S/c1-12(2)11-18(24(5,20)21)9-8-16(19)17-14-10-13(22-3)6-7-15(14)23-4/h6-7,10,12H,8-9,11H2,1-5H3,(H,17,19). The van der Waals surface area contributed by atoms with Crippen LogP contribution in [0.5, 0.6) is 11.5 Å². The predicted octanol–water partition coefficient (Wildman–Crippen LogP) is 1.95. The zero-order valence-corrected chi connectivity index (χ0v) is 15.6. The van der Waals surface area contributed by atoms with Gasteiger partial charge in [0.25, 0.3) is 0 Å². The summed E-state index contributed by atoms with van der Waals surface area (Å²) in [6.07, 6.45) is 1.21. The van der Waals surface area contributed by atoms with Gasteiger partial charge in [-0.05, 0) is 18.1 Å². The number of rotatable bonds is 9. The second kappa shape index (κ2) is 8.89. The molecule has 0 atom stereocenters. The lowest BCUT2D eigenvalue weighted by atomic mass is 10.2. The second-order valence-corrected chi connectivity index (χ2v) is 7.86. The van der Waals surface area contributed by atoms with E-state index in [9.17, 15) is 13.2 Å². The molecular formula is C16H26N2O5S. The number of anilines is 1. The van der Waals surface area contributed by atoms with Gasteiger partial charge in [-0.25, -0.2) is 12.7 Å². The Morgan fingerprint density at radius 1 is 1.25 bits per heavy atom. The SMILES string of the molecule is COc1ccc(OC)c(NC(=O)CCN(CC(C)C)S(C)(=O)=O)c1. The van der Waals surface area contributed by atoms with Crippen molar-refractivity contribution in [2.45, 2.75) is 20.3 Å². The normalized spacial score (nSPS) is 11.6. The first-order valence-electron chi connectivity index (χ1n) is 7.64. The second-order valence-electron chi connectivity index (χ2n) is 5.88. The molecule has 1 aromatic rings. The first-order valence-corrected chi connectivity index (χ1v) is 9.49. The van der Waals surface area contributed by atoms with E-state index in [2.05, 4.69) is 5.32 Å². The zero-order valence-electron chi connectivity index (χ0n) is 14.8. The fraction of sp³-hybridized carbons (Fsp3) is 0.562. The van der Waals surface area contributed by atoms with Crippen LogP contribution in [0, 0.1) is 5.92 Å². The van der Waals surface area contributed by atoms with E-state index in [1.54, 1.807) is 18.2 Å². The lowest BCUT2D eigenvalue weighted by molar-refractivity contribution is -0.116. The number of carbonyl (C=O) groups excluding carboxylic acids is 1. The fourth-order valence-corrected chi connectivity index (χ4v) is 3.14. The molecule has 0 bridgehead atoms. The van der Waals surface area contributed by atoms with Crippen LogP contribution in [0.4, 0.5) is 5.69 Å². The van der Waals surface area contributed by atoms with E-state index in [0.29, 0.717) is 23.7 Å². The highest BCUT2D eigenvalue weighted by atomic mass is 32.2. The molecule has 1 aromatic carbocycles. The van der Waals surface area contributed by atoms with Crippen molar-refractivity contribution in [3.8, 4) is 11.5 Å². The minimum atomic E-state index is -3.34. The van der Waals surface area contributed by atoms with Crippen molar-refractivity contribution in [3.63, 3.8) is 0 Å². The third kappa shape index (κ3) is 6.37. The number of hydrogen-bond acceptors (Lipinski definition) is 5. The van der Waals surface area contributed by atoms with Crippen LogP contribution in [0.25, 0.3) is 0 Å². The van der Waals surface area contributed by atoms with E-state index in [1.807, 2.05) is 13.8 Å². The fourth-order valence-electron chi connectivity index (χ4n) is 2.15. The highest BCUT2D eigenvalue weighted by Crippen LogP contribution is 2.28. The zero-order chi connectivity index (χ0) is 18.3. The summed E-state index contributed by atoms with van der Waals surface area (Å²) in [4.78, 5) is 12.2. The molecule has 0 heterocycles. The van der Waals surface area contributed by atoms with Gasteiger partial charge in [-0.1, -0.05) is 13.8 Å². The molecule has 0 aliphatic heterocycles. The lowest BCUT2D eigenvalue weighted by Gasteiger charge is -2.21. The van der Waals surface area contributed by atoms with Gasteiger partial charge < -0.3 is 14.8 Å². The van der Waals surface area contributed by atoms with Crippen molar-refractivity contribution in [2.75, 3.05) is 38.9 Å². The van der Waals surface area contributed by atoms with Crippen molar-refractivity contribution in [3.05, 3.63) is 18.2 Å². The summed E-state index contributed by atoms with van der Waals surface area (Å²) in [5, 5.41) is 2.73. The molecule has 8 heteroatoms. The van der Waals surface area contributed by atoms with Gasteiger partial charge in [0.1, 0.15) is 11.5 Å².